The monoisotopic (exact) mass is 733 g/mol. The molecule has 0 aliphatic carbocycles. The Balaban J connectivity index is 0.00000387. The first-order valence-electron chi connectivity index (χ1n) is 14.7. The number of nitrogens with zero attached hydrogens (tertiary/aromatic N) is 2. The van der Waals surface area contributed by atoms with Crippen molar-refractivity contribution in [1.82, 2.24) is 19.9 Å². The molecule has 3 aromatic rings. The van der Waals surface area contributed by atoms with Crippen LogP contribution >= 0.6 is 0 Å². The van der Waals surface area contributed by atoms with Crippen molar-refractivity contribution in [2.24, 2.45) is 0 Å². The number of hydrogen-bond acceptors (Lipinski definition) is 4. The molecular formula is C34H42N4O2Pt. The Kier molecular flexibility index (Phi) is 9.89. The van der Waals surface area contributed by atoms with Crippen LogP contribution in [0.3, 0.4) is 0 Å². The van der Waals surface area contributed by atoms with Gasteiger partial charge in [-0.05, 0) is 135 Å². The Hall–Kier alpha value is -2.79. The van der Waals surface area contributed by atoms with Gasteiger partial charge in [0.1, 0.15) is 0 Å². The minimum absolute atomic E-state index is 0. The molecular weight excluding hydrogens is 691 g/mol. The Bertz CT molecular complexity index is 1690. The summed E-state index contributed by atoms with van der Waals surface area (Å²) in [4.78, 5) is 17.7. The van der Waals surface area contributed by atoms with Crippen LogP contribution in [-0.4, -0.2) is 43.4 Å². The third-order valence-corrected chi connectivity index (χ3v) is 8.68. The Morgan fingerprint density at radius 3 is 1.44 bits per heavy atom. The molecule has 0 saturated carbocycles. The number of rotatable bonds is 8. The number of nitrogens with one attached hydrogen (secondary N) is 2. The maximum absolute atomic E-state index is 9.62. The molecule has 0 amide bonds. The fourth-order valence-corrected chi connectivity index (χ4v) is 6.27. The van der Waals surface area contributed by atoms with E-state index in [9.17, 15) is 10.2 Å². The van der Waals surface area contributed by atoms with Gasteiger partial charge in [-0.15, -0.1) is 0 Å². The first-order chi connectivity index (χ1) is 19.3. The molecule has 6 nitrogen and oxygen atoms in total. The van der Waals surface area contributed by atoms with Gasteiger partial charge in [0.25, 0.3) is 0 Å². The fourth-order valence-electron chi connectivity index (χ4n) is 6.27. The molecule has 0 spiro atoms. The van der Waals surface area contributed by atoms with E-state index in [1.165, 1.54) is 22.3 Å². The number of aryl methyl sites for hydroxylation is 4. The number of aromatic amines is 2. The van der Waals surface area contributed by atoms with E-state index in [0.717, 1.165) is 92.8 Å². The van der Waals surface area contributed by atoms with Gasteiger partial charge in [-0.2, -0.15) is 0 Å². The van der Waals surface area contributed by atoms with Crippen molar-refractivity contribution in [2.45, 2.75) is 80.1 Å². The molecule has 0 aromatic carbocycles. The third kappa shape index (κ3) is 5.80. The summed E-state index contributed by atoms with van der Waals surface area (Å²) in [6, 6.07) is 8.73. The topological polar surface area (TPSA) is 97.8 Å². The van der Waals surface area contributed by atoms with Crippen LogP contribution in [0.2, 0.25) is 0 Å². The summed E-state index contributed by atoms with van der Waals surface area (Å²) in [5, 5.41) is 19.2. The van der Waals surface area contributed by atoms with Crippen molar-refractivity contribution in [2.75, 3.05) is 13.2 Å². The van der Waals surface area contributed by atoms with Crippen LogP contribution in [0, 0.1) is 13.8 Å². The Labute approximate surface area is 257 Å². The predicted octanol–water partition coefficient (Wildman–Crippen LogP) is 7.46. The van der Waals surface area contributed by atoms with Gasteiger partial charge in [-0.1, -0.05) is 13.8 Å². The molecule has 5 rings (SSSR count). The number of hydrogen-bond donors (Lipinski definition) is 4. The average molecular weight is 734 g/mol. The van der Waals surface area contributed by atoms with E-state index >= 15 is 0 Å². The van der Waals surface area contributed by atoms with Gasteiger partial charge < -0.3 is 20.2 Å². The Morgan fingerprint density at radius 2 is 1.00 bits per heavy atom. The van der Waals surface area contributed by atoms with Crippen molar-refractivity contribution < 1.29 is 31.3 Å². The molecule has 0 saturated heterocycles. The van der Waals surface area contributed by atoms with Gasteiger partial charge in [0.2, 0.25) is 0 Å². The third-order valence-electron chi connectivity index (χ3n) is 8.68. The molecule has 0 radical (unpaired) electrons. The molecule has 5 heterocycles. The zero-order chi connectivity index (χ0) is 28.6. The Morgan fingerprint density at radius 1 is 0.585 bits per heavy atom. The van der Waals surface area contributed by atoms with Gasteiger partial charge in [-0.3, -0.25) is 0 Å². The molecule has 0 atom stereocenters. The number of aromatic nitrogens is 4. The van der Waals surface area contributed by atoms with Gasteiger partial charge >= 0.3 is 0 Å². The fraction of sp³-hybridized carbons (Fsp3) is 0.412. The van der Waals surface area contributed by atoms with Crippen molar-refractivity contribution in [3.8, 4) is 0 Å². The van der Waals surface area contributed by atoms with Crippen LogP contribution in [-0.2, 0) is 33.9 Å². The minimum Gasteiger partial charge on any atom is -0.396 e. The molecule has 0 fully saturated rings. The van der Waals surface area contributed by atoms with E-state index in [4.69, 9.17) is 9.97 Å². The molecule has 8 bridgehead atoms. The smallest absolute Gasteiger partial charge is 0.0694 e. The van der Waals surface area contributed by atoms with Crippen LogP contribution in [0.5, 0.6) is 0 Å². The summed E-state index contributed by atoms with van der Waals surface area (Å²) in [5.74, 6) is 0. The van der Waals surface area contributed by atoms with Crippen LogP contribution in [0.4, 0.5) is 0 Å². The maximum Gasteiger partial charge on any atom is 0.0694 e. The van der Waals surface area contributed by atoms with Crippen LogP contribution < -0.4 is 0 Å². The second kappa shape index (κ2) is 13.0. The largest absolute Gasteiger partial charge is 0.396 e. The van der Waals surface area contributed by atoms with Gasteiger partial charge in [0, 0.05) is 56.3 Å². The average Bonchev–Trinajstić information content (AvgIpc) is 3.59. The summed E-state index contributed by atoms with van der Waals surface area (Å²) in [7, 11) is 0. The van der Waals surface area contributed by atoms with Crippen molar-refractivity contribution in [3.63, 3.8) is 0 Å². The van der Waals surface area contributed by atoms with Crippen LogP contribution in [0.25, 0.3) is 44.4 Å². The number of aliphatic hydroxyl groups excluding tert-OH is 2. The van der Waals surface area contributed by atoms with Gasteiger partial charge in [0.15, 0.2) is 0 Å². The van der Waals surface area contributed by atoms with Crippen LogP contribution in [0.1, 0.15) is 98.4 Å². The van der Waals surface area contributed by atoms with Crippen molar-refractivity contribution in [3.05, 3.63) is 69.3 Å². The number of aliphatic hydroxyl groups is 2. The zero-order valence-corrected chi connectivity index (χ0v) is 27.3. The standard InChI is InChI=1S/C34H42N4O2.Pt/c1-7-23-19(3)27-15-28-21(5)25(11-9-13-39)33(37-28)18-34-26(12-10-14-40)22(6)30(38-34)17-32-24(8-2)20(4)29(36-32)16-31(23)35-27;/h15-18,35-36,39-40H,7-14H2,1-6H3;. The number of allylic oxidation sites excluding steroid dienone is 4. The number of fused-ring (bicyclic) bond motifs is 8. The minimum atomic E-state index is 0. The number of H-pyrrole nitrogens is 2. The molecule has 220 valence electrons. The van der Waals surface area contributed by atoms with Gasteiger partial charge in [0.05, 0.1) is 22.8 Å². The summed E-state index contributed by atoms with van der Waals surface area (Å²) >= 11 is 0. The molecule has 4 N–H and O–H groups in total. The molecule has 2 aliphatic rings. The predicted molar refractivity (Wildman–Crippen MR) is 167 cm³/mol. The molecule has 3 aromatic heterocycles. The summed E-state index contributed by atoms with van der Waals surface area (Å²) in [6.45, 7) is 13.4. The summed E-state index contributed by atoms with van der Waals surface area (Å²) in [5.41, 5.74) is 17.9. The first kappa shape index (κ1) is 31.2. The van der Waals surface area contributed by atoms with E-state index in [0.29, 0.717) is 12.8 Å². The van der Waals surface area contributed by atoms with Crippen LogP contribution in [0.15, 0.2) is 24.3 Å². The quantitative estimate of drug-likeness (QED) is 0.193. The SMILES string of the molecule is CCc1c(C)c2cc3[nH]c(cc4nc(cc5nc(cc1[nH]2)C(C)=C5CCCO)C(CCCO)=C4C)c(C)c3CC.[Pt]. The van der Waals surface area contributed by atoms with Gasteiger partial charge in [-0.25, -0.2) is 9.97 Å². The second-order valence-electron chi connectivity index (χ2n) is 11.0. The van der Waals surface area contributed by atoms with E-state index < -0.39 is 0 Å². The zero-order valence-electron chi connectivity index (χ0n) is 25.1. The first-order valence-corrected chi connectivity index (χ1v) is 14.7. The molecule has 7 heteroatoms. The molecule has 0 unspecified atom stereocenters. The molecule has 41 heavy (non-hydrogen) atoms. The summed E-state index contributed by atoms with van der Waals surface area (Å²) < 4.78 is 0. The second-order valence-corrected chi connectivity index (χ2v) is 11.0. The van der Waals surface area contributed by atoms with Crippen molar-refractivity contribution in [1.29, 1.82) is 0 Å². The normalized spacial score (nSPS) is 13.3. The van der Waals surface area contributed by atoms with E-state index in [1.807, 2.05) is 0 Å². The van der Waals surface area contributed by atoms with E-state index in [2.05, 4.69) is 75.8 Å². The van der Waals surface area contributed by atoms with E-state index in [-0.39, 0.29) is 34.3 Å². The van der Waals surface area contributed by atoms with Crippen molar-refractivity contribution >= 4 is 44.4 Å². The van der Waals surface area contributed by atoms with E-state index in [1.54, 1.807) is 0 Å². The maximum atomic E-state index is 9.62. The molecule has 2 aliphatic heterocycles. The summed E-state index contributed by atoms with van der Waals surface area (Å²) in [6.07, 6.45) is 4.75.